The molecule has 0 fully saturated rings. The fourth-order valence-electron chi connectivity index (χ4n) is 1.54. The van der Waals surface area contributed by atoms with Crippen LogP contribution in [-0.2, 0) is 4.79 Å². The summed E-state index contributed by atoms with van der Waals surface area (Å²) in [7, 11) is 0. The van der Waals surface area contributed by atoms with Crippen LogP contribution in [0.1, 0.15) is 39.5 Å². The summed E-state index contributed by atoms with van der Waals surface area (Å²) in [5.41, 5.74) is 3.20. The lowest BCUT2D eigenvalue weighted by molar-refractivity contribution is -0.114. The van der Waals surface area contributed by atoms with Gasteiger partial charge in [-0.15, -0.1) is 0 Å². The molecule has 0 N–H and O–H groups in total. The van der Waals surface area contributed by atoms with Crippen molar-refractivity contribution in [3.8, 4) is 0 Å². The van der Waals surface area contributed by atoms with E-state index in [0.29, 0.717) is 12.2 Å². The van der Waals surface area contributed by atoms with Crippen LogP contribution >= 0.6 is 0 Å². The number of Topliss-reactive ketones (excluding diaryl/α,β-unsaturated/α-hetero) is 1. The van der Waals surface area contributed by atoms with E-state index in [1.54, 1.807) is 0 Å². The van der Waals surface area contributed by atoms with Crippen molar-refractivity contribution >= 4 is 5.78 Å². The first-order valence-electron chi connectivity index (χ1n) is 4.58. The third-order valence-electron chi connectivity index (χ3n) is 2.47. The molecule has 0 spiro atoms. The zero-order valence-corrected chi connectivity index (χ0v) is 7.94. The lowest BCUT2D eigenvalue weighted by Gasteiger charge is -1.99. The van der Waals surface area contributed by atoms with Crippen molar-refractivity contribution in [2.45, 2.75) is 39.5 Å². The van der Waals surface area contributed by atoms with Crippen molar-refractivity contribution in [1.29, 1.82) is 0 Å². The average molecular weight is 164 g/mol. The number of unbranched alkanes of at least 4 members (excludes halogenated alkanes) is 1. The molecule has 1 rings (SSSR count). The van der Waals surface area contributed by atoms with E-state index in [2.05, 4.69) is 13.5 Å². The van der Waals surface area contributed by atoms with Crippen LogP contribution in [0.3, 0.4) is 0 Å². The Kier molecular flexibility index (Phi) is 2.85. The molecule has 0 atom stereocenters. The molecule has 0 bridgehead atoms. The van der Waals surface area contributed by atoms with Gasteiger partial charge in [0.25, 0.3) is 0 Å². The molecule has 1 aliphatic carbocycles. The summed E-state index contributed by atoms with van der Waals surface area (Å²) in [6.07, 6.45) is 3.77. The maximum absolute atomic E-state index is 11.4. The molecular formula is C11H16O. The van der Waals surface area contributed by atoms with Crippen molar-refractivity contribution < 1.29 is 4.79 Å². The molecule has 0 aromatic rings. The molecule has 1 aliphatic rings. The fraction of sp³-hybridized carbons (Fsp3) is 0.545. The second-order valence-electron chi connectivity index (χ2n) is 3.41. The van der Waals surface area contributed by atoms with Gasteiger partial charge >= 0.3 is 0 Å². The average Bonchev–Trinajstić information content (AvgIpc) is 2.25. The molecule has 0 aliphatic heterocycles. The van der Waals surface area contributed by atoms with Crippen molar-refractivity contribution in [1.82, 2.24) is 0 Å². The highest BCUT2D eigenvalue weighted by Crippen LogP contribution is 2.29. The number of hydrogen-bond donors (Lipinski definition) is 0. The maximum Gasteiger partial charge on any atom is 0.163 e. The highest BCUT2D eigenvalue weighted by atomic mass is 16.1. The van der Waals surface area contributed by atoms with E-state index in [0.717, 1.165) is 36.0 Å². The summed E-state index contributed by atoms with van der Waals surface area (Å²) in [5.74, 6) is 0.297. The maximum atomic E-state index is 11.4. The summed E-state index contributed by atoms with van der Waals surface area (Å²) < 4.78 is 0. The van der Waals surface area contributed by atoms with E-state index >= 15 is 0 Å². The lowest BCUT2D eigenvalue weighted by atomic mass is 10.0. The number of hydrogen-bond acceptors (Lipinski definition) is 1. The van der Waals surface area contributed by atoms with Gasteiger partial charge in [0.15, 0.2) is 5.78 Å². The Hall–Kier alpha value is -0.850. The molecule has 0 aromatic carbocycles. The van der Waals surface area contributed by atoms with Gasteiger partial charge in [0.2, 0.25) is 0 Å². The van der Waals surface area contributed by atoms with Crippen LogP contribution in [0.4, 0.5) is 0 Å². The van der Waals surface area contributed by atoms with Crippen molar-refractivity contribution in [2.75, 3.05) is 0 Å². The van der Waals surface area contributed by atoms with Crippen molar-refractivity contribution in [3.63, 3.8) is 0 Å². The quantitative estimate of drug-likeness (QED) is 0.626. The molecule has 0 aromatic heterocycles. The second-order valence-corrected chi connectivity index (χ2v) is 3.41. The van der Waals surface area contributed by atoms with Crippen LogP contribution in [0.2, 0.25) is 0 Å². The highest BCUT2D eigenvalue weighted by molar-refractivity contribution is 6.02. The molecule has 0 amide bonds. The third-order valence-corrected chi connectivity index (χ3v) is 2.47. The fourth-order valence-corrected chi connectivity index (χ4v) is 1.54. The van der Waals surface area contributed by atoms with E-state index in [1.807, 2.05) is 6.92 Å². The van der Waals surface area contributed by atoms with Gasteiger partial charge in [-0.2, -0.15) is 0 Å². The summed E-state index contributed by atoms with van der Waals surface area (Å²) in [4.78, 5) is 11.4. The first-order valence-corrected chi connectivity index (χ1v) is 4.58. The summed E-state index contributed by atoms with van der Waals surface area (Å²) in [5, 5.41) is 0. The summed E-state index contributed by atoms with van der Waals surface area (Å²) in [6, 6.07) is 0. The normalized spacial score (nSPS) is 17.8. The zero-order valence-electron chi connectivity index (χ0n) is 7.94. The molecule has 66 valence electrons. The molecule has 1 heteroatoms. The Bertz CT molecular complexity index is 246. The Labute approximate surface area is 74.2 Å². The molecule has 0 unspecified atom stereocenters. The predicted molar refractivity (Wildman–Crippen MR) is 51.0 cm³/mol. The molecular weight excluding hydrogens is 148 g/mol. The SMILES string of the molecule is C=C1CC(=O)C(CCCC)=C1C. The van der Waals surface area contributed by atoms with Gasteiger partial charge in [-0.3, -0.25) is 4.79 Å². The van der Waals surface area contributed by atoms with Crippen molar-refractivity contribution in [2.24, 2.45) is 0 Å². The second kappa shape index (κ2) is 3.70. The molecule has 12 heavy (non-hydrogen) atoms. The minimum absolute atomic E-state index is 0.297. The van der Waals surface area contributed by atoms with Gasteiger partial charge in [-0.05, 0) is 36.5 Å². The Morgan fingerprint density at radius 1 is 1.50 bits per heavy atom. The Morgan fingerprint density at radius 3 is 2.58 bits per heavy atom. The molecule has 1 nitrogen and oxygen atoms in total. The van der Waals surface area contributed by atoms with E-state index in [9.17, 15) is 4.79 Å². The smallest absolute Gasteiger partial charge is 0.163 e. The van der Waals surface area contributed by atoms with Gasteiger partial charge in [0.05, 0.1) is 0 Å². The number of ketones is 1. The summed E-state index contributed by atoms with van der Waals surface area (Å²) >= 11 is 0. The first-order chi connectivity index (χ1) is 5.66. The van der Waals surface area contributed by atoms with Crippen LogP contribution in [-0.4, -0.2) is 5.78 Å². The molecule has 0 radical (unpaired) electrons. The minimum Gasteiger partial charge on any atom is -0.294 e. The lowest BCUT2D eigenvalue weighted by Crippen LogP contribution is -1.95. The van der Waals surface area contributed by atoms with E-state index in [1.165, 1.54) is 0 Å². The van der Waals surface area contributed by atoms with Crippen LogP contribution in [0, 0.1) is 0 Å². The predicted octanol–water partition coefficient (Wildman–Crippen LogP) is 3.02. The van der Waals surface area contributed by atoms with Crippen LogP contribution in [0.15, 0.2) is 23.3 Å². The van der Waals surface area contributed by atoms with Gasteiger partial charge in [-0.1, -0.05) is 19.9 Å². The van der Waals surface area contributed by atoms with Crippen LogP contribution in [0.5, 0.6) is 0 Å². The van der Waals surface area contributed by atoms with Gasteiger partial charge < -0.3 is 0 Å². The van der Waals surface area contributed by atoms with Gasteiger partial charge in [0, 0.05) is 6.42 Å². The zero-order chi connectivity index (χ0) is 9.14. The summed E-state index contributed by atoms with van der Waals surface area (Å²) in [6.45, 7) is 8.02. The van der Waals surface area contributed by atoms with Crippen LogP contribution in [0.25, 0.3) is 0 Å². The largest absolute Gasteiger partial charge is 0.294 e. The van der Waals surface area contributed by atoms with Gasteiger partial charge in [-0.25, -0.2) is 0 Å². The van der Waals surface area contributed by atoms with Crippen molar-refractivity contribution in [3.05, 3.63) is 23.3 Å². The third kappa shape index (κ3) is 1.66. The number of rotatable bonds is 3. The van der Waals surface area contributed by atoms with E-state index < -0.39 is 0 Å². The minimum atomic E-state index is 0.297. The topological polar surface area (TPSA) is 17.1 Å². The number of carbonyl (C=O) groups excluding carboxylic acids is 1. The molecule has 0 saturated carbocycles. The molecule has 0 heterocycles. The standard InChI is InChI=1S/C11H16O/c1-4-5-6-10-9(3)8(2)7-11(10)12/h2,4-7H2,1,3H3. The first kappa shape index (κ1) is 9.24. The highest BCUT2D eigenvalue weighted by Gasteiger charge is 2.21. The Balaban J connectivity index is 2.71. The van der Waals surface area contributed by atoms with E-state index in [-0.39, 0.29) is 0 Å². The van der Waals surface area contributed by atoms with Crippen LogP contribution < -0.4 is 0 Å². The number of carbonyl (C=O) groups is 1. The number of allylic oxidation sites excluding steroid dienone is 3. The van der Waals surface area contributed by atoms with Gasteiger partial charge in [0.1, 0.15) is 0 Å². The Morgan fingerprint density at radius 2 is 2.17 bits per heavy atom. The monoisotopic (exact) mass is 164 g/mol. The molecule has 0 saturated heterocycles. The van der Waals surface area contributed by atoms with E-state index in [4.69, 9.17) is 0 Å².